The number of hydrogen-bond donors (Lipinski definition) is 0. The minimum absolute atomic E-state index is 0.289. The highest BCUT2D eigenvalue weighted by molar-refractivity contribution is 5.90. The Morgan fingerprint density at radius 1 is 1.33 bits per heavy atom. The monoisotopic (exact) mass is 247 g/mol. The largest absolute Gasteiger partial charge is 0.464 e. The fourth-order valence-corrected chi connectivity index (χ4v) is 1.82. The van der Waals surface area contributed by atoms with Crippen molar-refractivity contribution in [1.82, 2.24) is 14.3 Å². The van der Waals surface area contributed by atoms with Gasteiger partial charge in [0.2, 0.25) is 0 Å². The number of carbonyl (C=O) groups is 1. The lowest BCUT2D eigenvalue weighted by molar-refractivity contribution is 0.0590. The molecule has 0 atom stereocenters. The summed E-state index contributed by atoms with van der Waals surface area (Å²) in [6, 6.07) is 4.05. The summed E-state index contributed by atoms with van der Waals surface area (Å²) in [6.07, 6.45) is 3.73. The molecule has 0 aliphatic rings. The molecule has 0 aliphatic carbocycles. The number of hydrogen-bond acceptors (Lipinski definition) is 3. The van der Waals surface area contributed by atoms with Crippen LogP contribution in [-0.4, -0.2) is 27.4 Å². The fraction of sp³-hybridized carbons (Fsp3) is 0.385. The van der Waals surface area contributed by atoms with Gasteiger partial charge in [0.1, 0.15) is 5.69 Å². The van der Waals surface area contributed by atoms with Crippen molar-refractivity contribution in [2.75, 3.05) is 7.11 Å². The third kappa shape index (κ3) is 2.03. The number of rotatable bonds is 3. The van der Waals surface area contributed by atoms with Crippen LogP contribution in [0.25, 0.3) is 5.82 Å². The molecule has 5 nitrogen and oxygen atoms in total. The van der Waals surface area contributed by atoms with Gasteiger partial charge in [-0.2, -0.15) is 5.10 Å². The van der Waals surface area contributed by atoms with Crippen LogP contribution in [0.3, 0.4) is 0 Å². The molecule has 5 heteroatoms. The Bertz CT molecular complexity index is 567. The molecule has 18 heavy (non-hydrogen) atoms. The van der Waals surface area contributed by atoms with Gasteiger partial charge in [0.15, 0.2) is 5.82 Å². The fourth-order valence-electron chi connectivity index (χ4n) is 1.82. The summed E-state index contributed by atoms with van der Waals surface area (Å²) in [4.78, 5) is 11.8. The predicted molar refractivity (Wildman–Crippen MR) is 68.0 cm³/mol. The minimum Gasteiger partial charge on any atom is -0.464 e. The van der Waals surface area contributed by atoms with Crippen molar-refractivity contribution in [3.63, 3.8) is 0 Å². The molecular weight excluding hydrogens is 230 g/mol. The SMILES string of the molecule is COC(=O)c1c(C)ccn1-c1ccn(C(C)C)n1. The molecule has 0 radical (unpaired) electrons. The molecule has 0 aliphatic heterocycles. The predicted octanol–water partition coefficient (Wildman–Crippen LogP) is 2.35. The summed E-state index contributed by atoms with van der Waals surface area (Å²) in [6.45, 7) is 5.99. The molecule has 2 aromatic rings. The second-order valence-corrected chi connectivity index (χ2v) is 4.46. The zero-order valence-corrected chi connectivity index (χ0v) is 11.0. The Morgan fingerprint density at radius 3 is 2.61 bits per heavy atom. The molecule has 2 heterocycles. The number of nitrogens with zero attached hydrogens (tertiary/aromatic N) is 3. The van der Waals surface area contributed by atoms with E-state index in [1.807, 2.05) is 36.1 Å². The molecule has 0 fully saturated rings. The van der Waals surface area contributed by atoms with Crippen LogP contribution in [0.4, 0.5) is 0 Å². The van der Waals surface area contributed by atoms with Gasteiger partial charge < -0.3 is 4.74 Å². The molecular formula is C13H17N3O2. The Morgan fingerprint density at radius 2 is 2.06 bits per heavy atom. The number of ether oxygens (including phenoxy) is 1. The number of aryl methyl sites for hydroxylation is 1. The van der Waals surface area contributed by atoms with Crippen LogP contribution < -0.4 is 0 Å². The van der Waals surface area contributed by atoms with Crippen molar-refractivity contribution < 1.29 is 9.53 Å². The van der Waals surface area contributed by atoms with Gasteiger partial charge in [0.05, 0.1) is 7.11 Å². The van der Waals surface area contributed by atoms with E-state index in [1.165, 1.54) is 7.11 Å². The van der Waals surface area contributed by atoms with E-state index in [0.29, 0.717) is 5.69 Å². The number of methoxy groups -OCH3 is 1. The Hall–Kier alpha value is -2.04. The van der Waals surface area contributed by atoms with E-state index in [4.69, 9.17) is 4.74 Å². The van der Waals surface area contributed by atoms with Crippen LogP contribution in [-0.2, 0) is 4.74 Å². The van der Waals surface area contributed by atoms with E-state index in [2.05, 4.69) is 18.9 Å². The highest BCUT2D eigenvalue weighted by atomic mass is 16.5. The van der Waals surface area contributed by atoms with Crippen molar-refractivity contribution in [2.24, 2.45) is 0 Å². The maximum Gasteiger partial charge on any atom is 0.355 e. The molecule has 0 aromatic carbocycles. The van der Waals surface area contributed by atoms with Gasteiger partial charge in [0.25, 0.3) is 0 Å². The first-order chi connectivity index (χ1) is 8.54. The summed E-state index contributed by atoms with van der Waals surface area (Å²) in [5.41, 5.74) is 1.40. The number of esters is 1. The van der Waals surface area contributed by atoms with E-state index in [9.17, 15) is 4.79 Å². The summed E-state index contributed by atoms with van der Waals surface area (Å²) in [7, 11) is 1.38. The number of aromatic nitrogens is 3. The molecule has 0 N–H and O–H groups in total. The van der Waals surface area contributed by atoms with Crippen LogP contribution >= 0.6 is 0 Å². The summed E-state index contributed by atoms with van der Waals surface area (Å²) < 4.78 is 8.40. The molecule has 0 bridgehead atoms. The summed E-state index contributed by atoms with van der Waals surface area (Å²) >= 11 is 0. The first-order valence-corrected chi connectivity index (χ1v) is 5.86. The second kappa shape index (κ2) is 4.68. The molecule has 0 amide bonds. The lowest BCUT2D eigenvalue weighted by Crippen LogP contribution is -2.11. The quantitative estimate of drug-likeness (QED) is 0.782. The Balaban J connectivity index is 2.47. The van der Waals surface area contributed by atoms with Gasteiger partial charge in [0, 0.05) is 24.5 Å². The standard InChI is InChI=1S/C13H17N3O2/c1-9(2)16-8-6-11(14-16)15-7-5-10(3)12(15)13(17)18-4/h5-9H,1-4H3. The highest BCUT2D eigenvalue weighted by Crippen LogP contribution is 2.17. The first kappa shape index (κ1) is 12.4. The third-order valence-corrected chi connectivity index (χ3v) is 2.84. The summed E-state index contributed by atoms with van der Waals surface area (Å²) in [5, 5.41) is 4.44. The van der Waals surface area contributed by atoms with Gasteiger partial charge in [-0.25, -0.2) is 4.79 Å². The highest BCUT2D eigenvalue weighted by Gasteiger charge is 2.17. The van der Waals surface area contributed by atoms with Crippen molar-refractivity contribution in [3.8, 4) is 5.82 Å². The average Bonchev–Trinajstić information content (AvgIpc) is 2.94. The molecule has 0 spiro atoms. The first-order valence-electron chi connectivity index (χ1n) is 5.86. The van der Waals surface area contributed by atoms with E-state index in [-0.39, 0.29) is 12.0 Å². The van der Waals surface area contributed by atoms with Gasteiger partial charge in [-0.3, -0.25) is 9.25 Å². The molecule has 0 saturated heterocycles. The van der Waals surface area contributed by atoms with Gasteiger partial charge in [-0.05, 0) is 32.4 Å². The molecule has 0 saturated carbocycles. The smallest absolute Gasteiger partial charge is 0.355 e. The van der Waals surface area contributed by atoms with E-state index >= 15 is 0 Å². The lowest BCUT2D eigenvalue weighted by atomic mass is 10.3. The maximum atomic E-state index is 11.8. The van der Waals surface area contributed by atoms with Crippen LogP contribution in [0.1, 0.15) is 35.9 Å². The normalized spacial score (nSPS) is 10.9. The third-order valence-electron chi connectivity index (χ3n) is 2.84. The van der Waals surface area contributed by atoms with Crippen LogP contribution in [0.15, 0.2) is 24.5 Å². The molecule has 2 aromatic heterocycles. The molecule has 96 valence electrons. The van der Waals surface area contributed by atoms with Crippen LogP contribution in [0.2, 0.25) is 0 Å². The van der Waals surface area contributed by atoms with E-state index in [0.717, 1.165) is 11.4 Å². The lowest BCUT2D eigenvalue weighted by Gasteiger charge is -2.07. The maximum absolute atomic E-state index is 11.8. The van der Waals surface area contributed by atoms with Gasteiger partial charge in [-0.1, -0.05) is 0 Å². The van der Waals surface area contributed by atoms with Crippen LogP contribution in [0, 0.1) is 6.92 Å². The van der Waals surface area contributed by atoms with Gasteiger partial charge >= 0.3 is 5.97 Å². The number of carbonyl (C=O) groups excluding carboxylic acids is 1. The van der Waals surface area contributed by atoms with Crippen molar-refractivity contribution >= 4 is 5.97 Å². The van der Waals surface area contributed by atoms with Crippen molar-refractivity contribution in [1.29, 1.82) is 0 Å². The zero-order valence-electron chi connectivity index (χ0n) is 11.0. The van der Waals surface area contributed by atoms with E-state index < -0.39 is 0 Å². The average molecular weight is 247 g/mol. The second-order valence-electron chi connectivity index (χ2n) is 4.46. The Kier molecular flexibility index (Phi) is 3.23. The van der Waals surface area contributed by atoms with Crippen molar-refractivity contribution in [3.05, 3.63) is 35.8 Å². The summed E-state index contributed by atoms with van der Waals surface area (Å²) in [5.74, 6) is 0.369. The topological polar surface area (TPSA) is 49.0 Å². The molecule has 0 unspecified atom stereocenters. The zero-order chi connectivity index (χ0) is 13.3. The van der Waals surface area contributed by atoms with Crippen LogP contribution in [0.5, 0.6) is 0 Å². The minimum atomic E-state index is -0.350. The molecule has 2 rings (SSSR count). The van der Waals surface area contributed by atoms with Crippen molar-refractivity contribution in [2.45, 2.75) is 26.8 Å². The van der Waals surface area contributed by atoms with Gasteiger partial charge in [-0.15, -0.1) is 0 Å². The van der Waals surface area contributed by atoms with E-state index in [1.54, 1.807) is 4.57 Å². The Labute approximate surface area is 106 Å².